The zero-order chi connectivity index (χ0) is 32.6. The van der Waals surface area contributed by atoms with Crippen molar-refractivity contribution < 1.29 is 36.2 Å². The number of rotatable bonds is 13. The molecule has 1 atom stereocenters. The van der Waals surface area contributed by atoms with Crippen LogP contribution in [-0.4, -0.2) is 55.8 Å². The quantitative estimate of drug-likeness (QED) is 0.123. The molecule has 0 spiro atoms. The Morgan fingerprint density at radius 1 is 1.02 bits per heavy atom. The van der Waals surface area contributed by atoms with Crippen molar-refractivity contribution in [3.05, 3.63) is 106 Å². The first kappa shape index (κ1) is 33.9. The van der Waals surface area contributed by atoms with Crippen molar-refractivity contribution in [1.82, 2.24) is 15.1 Å². The molecule has 0 radical (unpaired) electrons. The summed E-state index contributed by atoms with van der Waals surface area (Å²) in [7, 11) is 1.36. The molecule has 0 aromatic heterocycles. The van der Waals surface area contributed by atoms with Crippen molar-refractivity contribution in [3.63, 3.8) is 0 Å². The predicted octanol–water partition coefficient (Wildman–Crippen LogP) is 7.17. The smallest absolute Gasteiger partial charge is 0.416 e. The number of hydrogen-bond acceptors (Lipinski definition) is 6. The van der Waals surface area contributed by atoms with Crippen LogP contribution in [0, 0.1) is 11.6 Å². The molecule has 0 saturated carbocycles. The number of carbonyl (C=O) groups excluding carboxylic acids is 1. The number of nitrogens with one attached hydrogen (secondary N) is 1. The summed E-state index contributed by atoms with van der Waals surface area (Å²) >= 11 is 0. The van der Waals surface area contributed by atoms with Gasteiger partial charge in [0, 0.05) is 48.9 Å². The van der Waals surface area contributed by atoms with E-state index in [1.54, 1.807) is 30.9 Å². The van der Waals surface area contributed by atoms with Crippen LogP contribution in [0.25, 0.3) is 5.57 Å². The topological polar surface area (TPSA) is 54.0 Å². The first-order chi connectivity index (χ1) is 21.5. The van der Waals surface area contributed by atoms with E-state index in [1.807, 2.05) is 35.2 Å². The van der Waals surface area contributed by atoms with E-state index in [0.717, 1.165) is 23.8 Å². The minimum absolute atomic E-state index is 0.0374. The third-order valence-corrected chi connectivity index (χ3v) is 7.84. The van der Waals surface area contributed by atoms with Crippen LogP contribution in [0.2, 0.25) is 0 Å². The number of halogens is 5. The van der Waals surface area contributed by atoms with Crippen LogP contribution in [0.5, 0.6) is 5.75 Å². The van der Waals surface area contributed by atoms with Crippen LogP contribution in [0.1, 0.15) is 55.0 Å². The third-order valence-electron chi connectivity index (χ3n) is 7.84. The molecule has 45 heavy (non-hydrogen) atoms. The largest absolute Gasteiger partial charge is 0.494 e. The van der Waals surface area contributed by atoms with Gasteiger partial charge >= 0.3 is 12.1 Å². The van der Waals surface area contributed by atoms with E-state index in [9.17, 15) is 22.4 Å². The molecule has 0 aliphatic carbocycles. The summed E-state index contributed by atoms with van der Waals surface area (Å²) in [5, 5.41) is 3.49. The number of ether oxygens (including phenoxy) is 2. The summed E-state index contributed by atoms with van der Waals surface area (Å²) in [6, 6.07) is 17.1. The normalized spacial score (nSPS) is 14.9. The minimum Gasteiger partial charge on any atom is -0.494 e. The molecule has 4 rings (SSSR count). The van der Waals surface area contributed by atoms with Gasteiger partial charge in [-0.3, -0.25) is 9.69 Å². The Labute approximate surface area is 260 Å². The Morgan fingerprint density at radius 3 is 2.44 bits per heavy atom. The first-order valence-electron chi connectivity index (χ1n) is 14.8. The van der Waals surface area contributed by atoms with E-state index in [2.05, 4.69) is 5.32 Å². The number of benzene rings is 3. The number of hydrogen-bond donors (Lipinski definition) is 1. The Bertz CT molecular complexity index is 1480. The summed E-state index contributed by atoms with van der Waals surface area (Å²) in [5.74, 6) is -1.79. The second-order valence-corrected chi connectivity index (χ2v) is 10.8. The molecule has 3 aromatic rings. The molecule has 1 aliphatic rings. The summed E-state index contributed by atoms with van der Waals surface area (Å²) in [6.07, 6.45) is -3.95. The number of nitrogens with zero attached hydrogens (tertiary/aromatic N) is 2. The maximum atomic E-state index is 15.6. The summed E-state index contributed by atoms with van der Waals surface area (Å²) < 4.78 is 82.6. The molecule has 11 heteroatoms. The van der Waals surface area contributed by atoms with Gasteiger partial charge in [-0.1, -0.05) is 48.5 Å². The highest BCUT2D eigenvalue weighted by molar-refractivity contribution is 5.72. The maximum Gasteiger partial charge on any atom is 0.416 e. The summed E-state index contributed by atoms with van der Waals surface area (Å²) in [4.78, 5) is 15.5. The van der Waals surface area contributed by atoms with Gasteiger partial charge in [-0.25, -0.2) is 8.78 Å². The molecule has 1 heterocycles. The molecule has 242 valence electrons. The van der Waals surface area contributed by atoms with Gasteiger partial charge in [0.05, 0.1) is 25.9 Å². The molecule has 0 saturated heterocycles. The van der Waals surface area contributed by atoms with Crippen molar-refractivity contribution in [2.75, 3.05) is 40.0 Å². The van der Waals surface area contributed by atoms with E-state index in [1.165, 1.54) is 13.2 Å². The molecule has 1 aliphatic heterocycles. The highest BCUT2D eigenvalue weighted by Crippen LogP contribution is 2.37. The van der Waals surface area contributed by atoms with Gasteiger partial charge in [0.15, 0.2) is 11.6 Å². The first-order valence-corrected chi connectivity index (χ1v) is 14.8. The van der Waals surface area contributed by atoms with Crippen molar-refractivity contribution >= 4 is 11.5 Å². The predicted molar refractivity (Wildman–Crippen MR) is 162 cm³/mol. The molecule has 1 N–H and O–H groups in total. The van der Waals surface area contributed by atoms with E-state index in [4.69, 9.17) is 9.47 Å². The van der Waals surface area contributed by atoms with E-state index < -0.39 is 28.9 Å². The summed E-state index contributed by atoms with van der Waals surface area (Å²) in [5.41, 5.74) is 0.782. The van der Waals surface area contributed by atoms with Gasteiger partial charge in [0.25, 0.3) is 0 Å². The van der Waals surface area contributed by atoms with E-state index >= 15 is 4.39 Å². The van der Waals surface area contributed by atoms with Gasteiger partial charge < -0.3 is 19.7 Å². The molecule has 0 amide bonds. The molecule has 3 aromatic carbocycles. The fraction of sp³-hybridized carbons (Fsp3) is 0.382. The lowest BCUT2D eigenvalue weighted by Crippen LogP contribution is -2.46. The van der Waals surface area contributed by atoms with E-state index in [0.29, 0.717) is 37.4 Å². The Morgan fingerprint density at radius 2 is 1.76 bits per heavy atom. The highest BCUT2D eigenvalue weighted by atomic mass is 19.4. The second kappa shape index (κ2) is 15.4. The molecule has 0 fully saturated rings. The van der Waals surface area contributed by atoms with Crippen LogP contribution in [0.15, 0.2) is 72.4 Å². The van der Waals surface area contributed by atoms with Crippen molar-refractivity contribution in [2.45, 2.75) is 45.5 Å². The monoisotopic (exact) mass is 631 g/mol. The fourth-order valence-electron chi connectivity index (χ4n) is 5.55. The maximum absolute atomic E-state index is 15.6. The average molecular weight is 632 g/mol. The van der Waals surface area contributed by atoms with Gasteiger partial charge in [0.1, 0.15) is 5.82 Å². The lowest BCUT2D eigenvalue weighted by Gasteiger charge is -2.41. The molecule has 0 unspecified atom stereocenters. The number of methoxy groups -OCH3 is 1. The van der Waals surface area contributed by atoms with Crippen LogP contribution >= 0.6 is 0 Å². The van der Waals surface area contributed by atoms with Crippen LogP contribution < -0.4 is 10.1 Å². The number of esters is 1. The summed E-state index contributed by atoms with van der Waals surface area (Å²) in [6.45, 7) is 4.75. The number of alkyl halides is 3. The molecular weight excluding hydrogens is 593 g/mol. The van der Waals surface area contributed by atoms with Crippen LogP contribution in [0.3, 0.4) is 0 Å². The fourth-order valence-corrected chi connectivity index (χ4v) is 5.55. The van der Waals surface area contributed by atoms with Gasteiger partial charge in [-0.05, 0) is 56.1 Å². The Balaban J connectivity index is 1.68. The van der Waals surface area contributed by atoms with Crippen LogP contribution in [0.4, 0.5) is 22.0 Å². The zero-order valence-electron chi connectivity index (χ0n) is 25.6. The lowest BCUT2D eigenvalue weighted by molar-refractivity contribution is -0.143. The van der Waals surface area contributed by atoms with Gasteiger partial charge in [-0.2, -0.15) is 13.2 Å². The third kappa shape index (κ3) is 8.61. The van der Waals surface area contributed by atoms with Crippen LogP contribution in [-0.2, 0) is 22.3 Å². The van der Waals surface area contributed by atoms with Gasteiger partial charge in [-0.15, -0.1) is 0 Å². The molecule has 6 nitrogen and oxygen atoms in total. The Kier molecular flexibility index (Phi) is 11.6. The van der Waals surface area contributed by atoms with Crippen molar-refractivity contribution in [1.29, 1.82) is 0 Å². The lowest BCUT2D eigenvalue weighted by atomic mass is 9.98. The van der Waals surface area contributed by atoms with Crippen molar-refractivity contribution in [2.24, 2.45) is 0 Å². The number of carbonyl (C=O) groups is 1. The zero-order valence-corrected chi connectivity index (χ0v) is 25.6. The number of allylic oxidation sites excluding steroid dienone is 1. The van der Waals surface area contributed by atoms with Crippen molar-refractivity contribution in [3.8, 4) is 5.75 Å². The molecule has 0 bridgehead atoms. The SMILES string of the molecule is CCOC(=O)CCCN[C@@H](CN1CC(c2cccc(OC)c2F)=C(C)N(Cc2c(F)cccc2C(F)(F)F)C1)c1ccccc1. The minimum atomic E-state index is -4.75. The molecular formula is C34H38F5N3O3. The van der Waals surface area contributed by atoms with E-state index in [-0.39, 0.29) is 49.5 Å². The Hall–Kier alpha value is -3.96. The standard InChI is InChI=1S/C34H38F5N3O3/c1-4-45-32(43)17-10-18-40-30(24-11-6-5-7-12-24)21-41-19-26(25-13-8-16-31(44-3)33(25)36)23(2)42(22-41)20-27-28(34(37,38)39)14-9-15-29(27)35/h5-9,11-16,30,40H,4,10,17-22H2,1-3H3/t30-/m0/s1. The highest BCUT2D eigenvalue weighted by Gasteiger charge is 2.36. The average Bonchev–Trinajstić information content (AvgIpc) is 3.01. The van der Waals surface area contributed by atoms with Gasteiger partial charge in [0.2, 0.25) is 0 Å². The second-order valence-electron chi connectivity index (χ2n) is 10.8.